The van der Waals surface area contributed by atoms with E-state index in [-0.39, 0.29) is 24.6 Å². The van der Waals surface area contributed by atoms with Crippen LogP contribution in [0.3, 0.4) is 0 Å². The highest BCUT2D eigenvalue weighted by atomic mass is 35.5. The molecule has 5 N–H and O–H groups in total. The first-order valence-corrected chi connectivity index (χ1v) is 11.4. The molecule has 1 fully saturated rings. The number of aromatic amines is 1. The number of aromatic carboxylic acids is 1. The quantitative estimate of drug-likeness (QED) is 0.262. The second kappa shape index (κ2) is 10.4. The van der Waals surface area contributed by atoms with E-state index < -0.39 is 12.0 Å². The highest BCUT2D eigenvalue weighted by Gasteiger charge is 2.24. The largest absolute Gasteiger partial charge is 0.478 e. The molecule has 8 nitrogen and oxygen atoms in total. The summed E-state index contributed by atoms with van der Waals surface area (Å²) >= 11 is 0. The van der Waals surface area contributed by atoms with Crippen molar-refractivity contribution in [1.82, 2.24) is 15.0 Å². The third-order valence-electron chi connectivity index (χ3n) is 5.94. The van der Waals surface area contributed by atoms with Gasteiger partial charge in [0.2, 0.25) is 0 Å². The van der Waals surface area contributed by atoms with Crippen LogP contribution in [0.1, 0.15) is 46.2 Å². The number of halogens is 1. The van der Waals surface area contributed by atoms with E-state index in [0.717, 1.165) is 41.0 Å². The van der Waals surface area contributed by atoms with Gasteiger partial charge in [-0.2, -0.15) is 0 Å². The fourth-order valence-corrected chi connectivity index (χ4v) is 3.99. The number of nitrogens with one attached hydrogen (secondary N) is 2. The number of H-pyrrole nitrogens is 1. The molecule has 4 aromatic rings. The second-order valence-electron chi connectivity index (χ2n) is 8.67. The highest BCUT2D eigenvalue weighted by molar-refractivity contribution is 5.95. The van der Waals surface area contributed by atoms with Gasteiger partial charge >= 0.3 is 5.97 Å². The molecule has 0 aliphatic heterocycles. The van der Waals surface area contributed by atoms with E-state index in [4.69, 9.17) is 20.4 Å². The molecule has 0 amide bonds. The molecule has 9 heteroatoms. The number of para-hydroxylation sites is 1. The number of nitrogens with zero attached hydrogens (tertiary/aromatic N) is 2. The SMILES string of the molecule is Cc1nc2cccc(-c3cc(C(=O)O)c(C(N)COCc4ccccc4)[nH]3)c2nc1NC1CC1.Cl. The van der Waals surface area contributed by atoms with E-state index in [2.05, 4.69) is 10.3 Å². The summed E-state index contributed by atoms with van der Waals surface area (Å²) in [5.74, 6) is -0.284. The molecule has 2 aromatic carbocycles. The minimum absolute atomic E-state index is 0. The topological polar surface area (TPSA) is 126 Å². The smallest absolute Gasteiger partial charge is 0.337 e. The zero-order valence-electron chi connectivity index (χ0n) is 19.3. The first-order chi connectivity index (χ1) is 16.5. The van der Waals surface area contributed by atoms with Crippen LogP contribution in [-0.4, -0.2) is 38.7 Å². The average molecular weight is 494 g/mol. The van der Waals surface area contributed by atoms with Gasteiger partial charge in [0, 0.05) is 23.0 Å². The zero-order chi connectivity index (χ0) is 23.7. The van der Waals surface area contributed by atoms with Crippen molar-refractivity contribution in [2.75, 3.05) is 11.9 Å². The normalized spacial score (nSPS) is 13.9. The molecule has 0 spiro atoms. The summed E-state index contributed by atoms with van der Waals surface area (Å²) in [6, 6.07) is 16.9. The first-order valence-electron chi connectivity index (χ1n) is 11.4. The number of aromatic nitrogens is 3. The summed E-state index contributed by atoms with van der Waals surface area (Å²) in [6.45, 7) is 2.52. The van der Waals surface area contributed by atoms with Gasteiger partial charge in [0.15, 0.2) is 0 Å². The molecule has 1 atom stereocenters. The standard InChI is InChI=1S/C26H27N5O3.ClH/c1-15-25(29-17-10-11-17)31-24-18(8-5-9-21(24)28-15)22-12-19(26(32)33)23(30-22)20(27)14-34-13-16-6-3-2-4-7-16;/h2-9,12,17,20,30H,10-11,13-14,27H2,1H3,(H,29,31)(H,32,33);1H. The maximum Gasteiger partial charge on any atom is 0.337 e. The van der Waals surface area contributed by atoms with Crippen LogP contribution >= 0.6 is 12.4 Å². The van der Waals surface area contributed by atoms with Crippen molar-refractivity contribution in [2.24, 2.45) is 5.73 Å². The number of carboxylic acid groups (broad SMARTS) is 1. The maximum absolute atomic E-state index is 12.0. The number of anilines is 1. The van der Waals surface area contributed by atoms with Gasteiger partial charge in [-0.25, -0.2) is 14.8 Å². The van der Waals surface area contributed by atoms with E-state index in [9.17, 15) is 9.90 Å². The van der Waals surface area contributed by atoms with Gasteiger partial charge in [0.1, 0.15) is 11.3 Å². The van der Waals surface area contributed by atoms with E-state index in [1.165, 1.54) is 0 Å². The van der Waals surface area contributed by atoms with Crippen molar-refractivity contribution in [3.05, 3.63) is 77.1 Å². The van der Waals surface area contributed by atoms with Gasteiger partial charge < -0.3 is 25.9 Å². The number of fused-ring (bicyclic) bond motifs is 1. The molecule has 1 aliphatic rings. The van der Waals surface area contributed by atoms with Crippen molar-refractivity contribution < 1.29 is 14.6 Å². The Hall–Kier alpha value is -3.46. The molecule has 0 bridgehead atoms. The van der Waals surface area contributed by atoms with Crippen LogP contribution in [0.25, 0.3) is 22.3 Å². The number of nitrogens with two attached hydrogens (primary N) is 1. The Kier molecular flexibility index (Phi) is 7.35. The fraction of sp³-hybridized carbons (Fsp3) is 0.269. The van der Waals surface area contributed by atoms with Gasteiger partial charge in [-0.05, 0) is 37.5 Å². The Morgan fingerprint density at radius 2 is 1.97 bits per heavy atom. The fourth-order valence-electron chi connectivity index (χ4n) is 3.99. The summed E-state index contributed by atoms with van der Waals surface area (Å²) in [5.41, 5.74) is 11.6. The van der Waals surface area contributed by atoms with Crippen molar-refractivity contribution >= 4 is 35.2 Å². The lowest BCUT2D eigenvalue weighted by Crippen LogP contribution is -2.20. The minimum atomic E-state index is -1.05. The Morgan fingerprint density at radius 1 is 1.20 bits per heavy atom. The van der Waals surface area contributed by atoms with Gasteiger partial charge in [-0.3, -0.25) is 0 Å². The number of hydrogen-bond acceptors (Lipinski definition) is 6. The molecule has 0 radical (unpaired) electrons. The predicted octanol–water partition coefficient (Wildman–Crippen LogP) is 4.84. The molecule has 182 valence electrons. The molecule has 1 aliphatic carbocycles. The van der Waals surface area contributed by atoms with E-state index in [1.54, 1.807) is 6.07 Å². The monoisotopic (exact) mass is 493 g/mol. The Bertz CT molecular complexity index is 1340. The summed E-state index contributed by atoms with van der Waals surface area (Å²) < 4.78 is 5.76. The second-order valence-corrected chi connectivity index (χ2v) is 8.67. The van der Waals surface area contributed by atoms with Crippen LogP contribution in [-0.2, 0) is 11.3 Å². The molecule has 1 saturated carbocycles. The lowest BCUT2D eigenvalue weighted by Gasteiger charge is -2.13. The molecule has 1 unspecified atom stereocenters. The van der Waals surface area contributed by atoms with Crippen LogP contribution in [0.15, 0.2) is 54.6 Å². The van der Waals surface area contributed by atoms with Crippen molar-refractivity contribution in [1.29, 1.82) is 0 Å². The van der Waals surface area contributed by atoms with Gasteiger partial charge in [-0.1, -0.05) is 42.5 Å². The van der Waals surface area contributed by atoms with Crippen molar-refractivity contribution in [3.63, 3.8) is 0 Å². The maximum atomic E-state index is 12.0. The Morgan fingerprint density at radius 3 is 2.69 bits per heavy atom. The lowest BCUT2D eigenvalue weighted by molar-refractivity contribution is 0.0692. The number of carbonyl (C=O) groups is 1. The summed E-state index contributed by atoms with van der Waals surface area (Å²) in [7, 11) is 0. The summed E-state index contributed by atoms with van der Waals surface area (Å²) in [5, 5.41) is 13.3. The van der Waals surface area contributed by atoms with Gasteiger partial charge in [0.05, 0.1) is 36.0 Å². The molecule has 5 rings (SSSR count). The van der Waals surface area contributed by atoms with Gasteiger partial charge in [-0.15, -0.1) is 12.4 Å². The number of carboxylic acids is 1. The van der Waals surface area contributed by atoms with Crippen LogP contribution < -0.4 is 11.1 Å². The van der Waals surface area contributed by atoms with Crippen LogP contribution in [0.4, 0.5) is 5.82 Å². The third-order valence-corrected chi connectivity index (χ3v) is 5.94. The predicted molar refractivity (Wildman–Crippen MR) is 138 cm³/mol. The van der Waals surface area contributed by atoms with E-state index >= 15 is 0 Å². The van der Waals surface area contributed by atoms with Crippen LogP contribution in [0.2, 0.25) is 0 Å². The number of ether oxygens (including phenoxy) is 1. The van der Waals surface area contributed by atoms with Crippen LogP contribution in [0.5, 0.6) is 0 Å². The number of benzene rings is 2. The van der Waals surface area contributed by atoms with E-state index in [0.29, 0.717) is 29.6 Å². The number of aryl methyl sites for hydroxylation is 1. The van der Waals surface area contributed by atoms with Crippen molar-refractivity contribution in [2.45, 2.75) is 38.5 Å². The third kappa shape index (κ3) is 5.45. The van der Waals surface area contributed by atoms with Gasteiger partial charge in [0.25, 0.3) is 0 Å². The molecule has 2 aromatic heterocycles. The minimum Gasteiger partial charge on any atom is -0.478 e. The zero-order valence-corrected chi connectivity index (χ0v) is 20.1. The molecule has 2 heterocycles. The van der Waals surface area contributed by atoms with E-state index in [1.807, 2.05) is 55.5 Å². The summed E-state index contributed by atoms with van der Waals surface area (Å²) in [4.78, 5) is 24.8. The van der Waals surface area contributed by atoms with Crippen molar-refractivity contribution in [3.8, 4) is 11.3 Å². The van der Waals surface area contributed by atoms with Crippen LogP contribution in [0, 0.1) is 6.92 Å². The highest BCUT2D eigenvalue weighted by Crippen LogP contribution is 2.32. The molecular formula is C26H28ClN5O3. The Balaban J connectivity index is 0.00000289. The average Bonchev–Trinajstić information content (AvgIpc) is 3.53. The lowest BCUT2D eigenvalue weighted by atomic mass is 10.1. The molecule has 35 heavy (non-hydrogen) atoms. The first kappa shape index (κ1) is 24.7. The molecule has 0 saturated heterocycles. The summed E-state index contributed by atoms with van der Waals surface area (Å²) in [6.07, 6.45) is 2.26. The Labute approximate surface area is 209 Å². The number of rotatable bonds is 9. The molecular weight excluding hydrogens is 466 g/mol. The number of hydrogen-bond donors (Lipinski definition) is 4.